The van der Waals surface area contributed by atoms with Crippen molar-refractivity contribution in [2.24, 2.45) is 11.1 Å². The second-order valence-corrected chi connectivity index (χ2v) is 10.4. The van der Waals surface area contributed by atoms with Crippen LogP contribution in [0.2, 0.25) is 0 Å². The van der Waals surface area contributed by atoms with Crippen molar-refractivity contribution >= 4 is 22.8 Å². The van der Waals surface area contributed by atoms with Crippen molar-refractivity contribution in [1.29, 1.82) is 0 Å². The maximum Gasteiger partial charge on any atom is 0.325 e. The minimum Gasteiger partial charge on any atom is -0.330 e. The average molecular weight is 369 g/mol. The van der Waals surface area contributed by atoms with E-state index in [9.17, 15) is 13.7 Å². The van der Waals surface area contributed by atoms with Crippen LogP contribution in [0.1, 0.15) is 19.3 Å². The first-order valence-electron chi connectivity index (χ1n) is 6.02. The monoisotopic (exact) mass is 369 g/mol. The highest BCUT2D eigenvalue weighted by Crippen LogP contribution is 2.47. The molecule has 0 unspecified atom stereocenters. The Bertz CT molecular complexity index is 399. The zero-order valence-electron chi connectivity index (χ0n) is 11.3. The van der Waals surface area contributed by atoms with E-state index in [1.165, 1.54) is 0 Å². The second kappa shape index (κ2) is 7.79. The fourth-order valence-corrected chi connectivity index (χ4v) is 4.13. The molecule has 0 atom stereocenters. The predicted molar refractivity (Wildman–Crippen MR) is 76.1 cm³/mol. The Kier molecular flexibility index (Phi) is 7.95. The first-order valence-corrected chi connectivity index (χ1v) is 11.4. The largest absolute Gasteiger partial charge is 0.330 e. The van der Waals surface area contributed by atoms with Gasteiger partial charge in [-0.15, -0.1) is 0 Å². The highest BCUT2D eigenvalue weighted by atomic mass is 31.2. The van der Waals surface area contributed by atoms with Crippen LogP contribution in [0.4, 0.5) is 0 Å². The molecule has 0 bridgehead atoms. The van der Waals surface area contributed by atoms with Gasteiger partial charge in [0.15, 0.2) is 0 Å². The average Bonchev–Trinajstić information content (AvgIpc) is 2.25. The molecular formula is C8H22NO9P3. The van der Waals surface area contributed by atoms with E-state index < -0.39 is 46.7 Å². The van der Waals surface area contributed by atoms with E-state index >= 15 is 0 Å². The van der Waals surface area contributed by atoms with E-state index in [4.69, 9.17) is 35.1 Å². The molecular weight excluding hydrogens is 347 g/mol. The lowest BCUT2D eigenvalue weighted by Gasteiger charge is -2.33. The van der Waals surface area contributed by atoms with Gasteiger partial charge >= 0.3 is 22.8 Å². The van der Waals surface area contributed by atoms with Gasteiger partial charge in [0.25, 0.3) is 0 Å². The van der Waals surface area contributed by atoms with Gasteiger partial charge in [-0.1, -0.05) is 0 Å². The van der Waals surface area contributed by atoms with Crippen molar-refractivity contribution in [2.45, 2.75) is 19.3 Å². The molecule has 0 amide bonds. The fraction of sp³-hybridized carbons (Fsp3) is 1.00. The summed E-state index contributed by atoms with van der Waals surface area (Å²) in [7, 11) is -13.0. The molecule has 0 aliphatic carbocycles. The summed E-state index contributed by atoms with van der Waals surface area (Å²) in [4.78, 5) is 53.4. The highest BCUT2D eigenvalue weighted by Gasteiger charge is 2.35. The van der Waals surface area contributed by atoms with Crippen LogP contribution in [0, 0.1) is 5.41 Å². The van der Waals surface area contributed by atoms with Gasteiger partial charge < -0.3 is 35.1 Å². The van der Waals surface area contributed by atoms with E-state index in [0.29, 0.717) is 0 Å². The fourth-order valence-electron chi connectivity index (χ4n) is 1.83. The summed E-state index contributed by atoms with van der Waals surface area (Å²) in [5.41, 5.74) is 4.40. The maximum absolute atomic E-state index is 10.9. The molecule has 8 N–H and O–H groups in total. The van der Waals surface area contributed by atoms with Crippen molar-refractivity contribution in [3.63, 3.8) is 0 Å². The molecule has 0 spiro atoms. The quantitative estimate of drug-likeness (QED) is 0.249. The van der Waals surface area contributed by atoms with E-state index in [0.717, 1.165) is 0 Å². The Balaban J connectivity index is 5.03. The molecule has 0 heterocycles. The molecule has 0 fully saturated rings. The minimum atomic E-state index is -4.35. The molecule has 13 heteroatoms. The van der Waals surface area contributed by atoms with Gasteiger partial charge in [-0.05, 0) is 31.2 Å². The topological polar surface area (TPSA) is 199 Å². The number of rotatable bonds is 10. The number of hydrogen-bond donors (Lipinski definition) is 7. The third-order valence-corrected chi connectivity index (χ3v) is 5.65. The summed E-state index contributed by atoms with van der Waals surface area (Å²) in [6.45, 7) is -0.188. The Morgan fingerprint density at radius 3 is 1.05 bits per heavy atom. The molecule has 0 saturated carbocycles. The van der Waals surface area contributed by atoms with Gasteiger partial charge in [-0.2, -0.15) is 0 Å². The lowest BCUT2D eigenvalue weighted by molar-refractivity contribution is 0.244. The normalized spacial score (nSPS) is 14.4. The first-order chi connectivity index (χ1) is 9.18. The van der Waals surface area contributed by atoms with E-state index in [1.54, 1.807) is 0 Å². The summed E-state index contributed by atoms with van der Waals surface area (Å²) >= 11 is 0. The van der Waals surface area contributed by atoms with E-state index in [-0.39, 0.29) is 25.8 Å². The van der Waals surface area contributed by atoms with Crippen molar-refractivity contribution < 1.29 is 43.1 Å². The van der Waals surface area contributed by atoms with Crippen molar-refractivity contribution in [1.82, 2.24) is 0 Å². The SMILES string of the molecule is NCC(CCP(=O)(O)O)(CCP(=O)(O)O)CCP(=O)(O)O. The van der Waals surface area contributed by atoms with Gasteiger partial charge in [-0.25, -0.2) is 0 Å². The van der Waals surface area contributed by atoms with Crippen LogP contribution in [0.15, 0.2) is 0 Å². The summed E-state index contributed by atoms with van der Waals surface area (Å²) in [6.07, 6.45) is -2.21. The third-order valence-electron chi connectivity index (χ3n) is 3.23. The smallest absolute Gasteiger partial charge is 0.325 e. The first kappa shape index (κ1) is 21.4. The molecule has 0 aromatic carbocycles. The summed E-state index contributed by atoms with van der Waals surface area (Å²) in [5.74, 6) is 0. The molecule has 21 heavy (non-hydrogen) atoms. The molecule has 0 saturated heterocycles. The zero-order valence-corrected chi connectivity index (χ0v) is 14.0. The Labute approximate surface area is 122 Å². The molecule has 0 aromatic rings. The van der Waals surface area contributed by atoms with Crippen molar-refractivity contribution in [2.75, 3.05) is 25.0 Å². The number of hydrogen-bond acceptors (Lipinski definition) is 4. The Morgan fingerprint density at radius 2 is 0.905 bits per heavy atom. The lowest BCUT2D eigenvalue weighted by Crippen LogP contribution is -2.33. The van der Waals surface area contributed by atoms with Crippen LogP contribution < -0.4 is 5.73 Å². The molecule has 0 aromatic heterocycles. The van der Waals surface area contributed by atoms with Crippen molar-refractivity contribution in [3.05, 3.63) is 0 Å². The van der Waals surface area contributed by atoms with Crippen LogP contribution in [0.25, 0.3) is 0 Å². The highest BCUT2D eigenvalue weighted by molar-refractivity contribution is 7.52. The van der Waals surface area contributed by atoms with Crippen molar-refractivity contribution in [3.8, 4) is 0 Å². The lowest BCUT2D eigenvalue weighted by atomic mass is 9.80. The van der Waals surface area contributed by atoms with Gasteiger partial charge in [0.05, 0.1) is 18.5 Å². The molecule has 128 valence electrons. The summed E-state index contributed by atoms with van der Waals surface area (Å²) < 4.78 is 32.8. The molecule has 0 radical (unpaired) electrons. The number of nitrogens with two attached hydrogens (primary N) is 1. The van der Waals surface area contributed by atoms with Gasteiger partial charge in [0.1, 0.15) is 0 Å². The summed E-state index contributed by atoms with van der Waals surface area (Å²) in [6, 6.07) is 0. The van der Waals surface area contributed by atoms with Gasteiger partial charge in [0, 0.05) is 0 Å². The minimum absolute atomic E-state index is 0.173. The van der Waals surface area contributed by atoms with Crippen LogP contribution in [-0.2, 0) is 13.7 Å². The van der Waals surface area contributed by atoms with Crippen LogP contribution in [0.3, 0.4) is 0 Å². The molecule has 0 aliphatic heterocycles. The van der Waals surface area contributed by atoms with Crippen LogP contribution in [-0.4, -0.2) is 54.4 Å². The Hall–Kier alpha value is 0.410. The predicted octanol–water partition coefficient (Wildman–Crippen LogP) is -0.365. The maximum atomic E-state index is 10.9. The standard InChI is InChI=1S/C8H22NO9P3/c9-7-8(1-4-19(10,11)12,2-5-20(13,14)15)3-6-21(16,17)18/h1-7,9H2,(H2,10,11,12)(H2,13,14,15)(H2,16,17,18). The molecule has 0 aliphatic rings. The van der Waals surface area contributed by atoms with Crippen LogP contribution >= 0.6 is 22.8 Å². The summed E-state index contributed by atoms with van der Waals surface area (Å²) in [5, 5.41) is 0. The molecule has 0 rings (SSSR count). The van der Waals surface area contributed by atoms with E-state index in [2.05, 4.69) is 0 Å². The van der Waals surface area contributed by atoms with Gasteiger partial charge in [-0.3, -0.25) is 13.7 Å². The van der Waals surface area contributed by atoms with E-state index in [1.807, 2.05) is 0 Å². The molecule has 10 nitrogen and oxygen atoms in total. The second-order valence-electron chi connectivity index (χ2n) is 5.12. The zero-order chi connectivity index (χ0) is 16.9. The van der Waals surface area contributed by atoms with Crippen LogP contribution in [0.5, 0.6) is 0 Å². The van der Waals surface area contributed by atoms with Gasteiger partial charge in [0.2, 0.25) is 0 Å². The Morgan fingerprint density at radius 1 is 0.667 bits per heavy atom. The third kappa shape index (κ3) is 11.6.